The van der Waals surface area contributed by atoms with Gasteiger partial charge in [-0.15, -0.1) is 0 Å². The molecule has 0 aliphatic carbocycles. The molecular formula is C23H24N2O3. The minimum Gasteiger partial charge on any atom is -0.449 e. The molecule has 5 nitrogen and oxygen atoms in total. The zero-order valence-corrected chi connectivity index (χ0v) is 16.1. The fourth-order valence-corrected chi connectivity index (χ4v) is 3.94. The highest BCUT2D eigenvalue weighted by Gasteiger charge is 2.37. The highest BCUT2D eigenvalue weighted by atomic mass is 16.6. The van der Waals surface area contributed by atoms with Gasteiger partial charge in [-0.25, -0.2) is 9.69 Å². The van der Waals surface area contributed by atoms with Crippen LogP contribution in [0.5, 0.6) is 0 Å². The first-order chi connectivity index (χ1) is 13.7. The lowest BCUT2D eigenvalue weighted by molar-refractivity contribution is -0.112. The van der Waals surface area contributed by atoms with Crippen LogP contribution in [0.3, 0.4) is 0 Å². The van der Waals surface area contributed by atoms with Crippen LogP contribution in [0, 0.1) is 0 Å². The van der Waals surface area contributed by atoms with Gasteiger partial charge in [0, 0.05) is 24.3 Å². The molecule has 0 aromatic heterocycles. The number of carbonyl (C=O) groups is 2. The van der Waals surface area contributed by atoms with Crippen molar-refractivity contribution in [1.82, 2.24) is 0 Å². The van der Waals surface area contributed by atoms with E-state index in [-0.39, 0.29) is 12.5 Å². The molecule has 0 radical (unpaired) electrons. The number of rotatable bonds is 3. The number of hydrogen-bond donors (Lipinski definition) is 0. The van der Waals surface area contributed by atoms with E-state index >= 15 is 0 Å². The minimum absolute atomic E-state index is 0.224. The van der Waals surface area contributed by atoms with Crippen LogP contribution in [0.1, 0.15) is 37.3 Å². The Balaban J connectivity index is 1.76. The van der Waals surface area contributed by atoms with E-state index in [0.717, 1.165) is 34.8 Å². The lowest BCUT2D eigenvalue weighted by Gasteiger charge is -2.30. The van der Waals surface area contributed by atoms with Gasteiger partial charge >= 0.3 is 6.09 Å². The van der Waals surface area contributed by atoms with Crippen molar-refractivity contribution in [2.24, 2.45) is 0 Å². The van der Waals surface area contributed by atoms with Crippen LogP contribution < -0.4 is 9.80 Å². The molecule has 2 amide bonds. The van der Waals surface area contributed by atoms with Gasteiger partial charge in [0.1, 0.15) is 0 Å². The van der Waals surface area contributed by atoms with E-state index in [1.807, 2.05) is 42.5 Å². The van der Waals surface area contributed by atoms with Gasteiger partial charge in [-0.05, 0) is 50.0 Å². The van der Waals surface area contributed by atoms with Gasteiger partial charge in [0.05, 0.1) is 17.9 Å². The second-order valence-electron chi connectivity index (χ2n) is 7.02. The monoisotopic (exact) mass is 376 g/mol. The van der Waals surface area contributed by atoms with Gasteiger partial charge in [-0.2, -0.15) is 0 Å². The summed E-state index contributed by atoms with van der Waals surface area (Å²) in [5, 5.41) is 0. The van der Waals surface area contributed by atoms with E-state index in [0.29, 0.717) is 11.3 Å². The zero-order chi connectivity index (χ0) is 19.5. The molecule has 4 rings (SSSR count). The summed E-state index contributed by atoms with van der Waals surface area (Å²) in [6, 6.07) is 15.5. The summed E-state index contributed by atoms with van der Waals surface area (Å²) in [7, 11) is 0. The minimum atomic E-state index is -0.632. The average Bonchev–Trinajstić information content (AvgIpc) is 3.01. The van der Waals surface area contributed by atoms with E-state index < -0.39 is 6.09 Å². The van der Waals surface area contributed by atoms with Gasteiger partial charge in [-0.3, -0.25) is 4.79 Å². The second-order valence-corrected chi connectivity index (χ2v) is 7.02. The first-order valence-corrected chi connectivity index (χ1v) is 9.87. The van der Waals surface area contributed by atoms with Crippen LogP contribution in [-0.2, 0) is 9.53 Å². The molecule has 0 saturated carbocycles. The molecule has 1 fully saturated rings. The van der Waals surface area contributed by atoms with Crippen molar-refractivity contribution < 1.29 is 14.3 Å². The van der Waals surface area contributed by atoms with Gasteiger partial charge in [0.25, 0.3) is 5.91 Å². The Kier molecular flexibility index (Phi) is 5.15. The third kappa shape index (κ3) is 3.28. The third-order valence-corrected chi connectivity index (χ3v) is 5.25. The Morgan fingerprint density at radius 3 is 2.43 bits per heavy atom. The van der Waals surface area contributed by atoms with Gasteiger partial charge in [0.2, 0.25) is 0 Å². The Labute approximate surface area is 165 Å². The summed E-state index contributed by atoms with van der Waals surface area (Å²) < 4.78 is 5.10. The zero-order valence-electron chi connectivity index (χ0n) is 16.1. The average molecular weight is 376 g/mol. The van der Waals surface area contributed by atoms with Crippen LogP contribution in [0.25, 0.3) is 11.6 Å². The Bertz CT molecular complexity index is 929. The molecule has 2 aliphatic rings. The van der Waals surface area contributed by atoms with Crippen LogP contribution >= 0.6 is 0 Å². The molecule has 144 valence electrons. The van der Waals surface area contributed by atoms with Crippen LogP contribution in [-0.4, -0.2) is 31.7 Å². The lowest BCUT2D eigenvalue weighted by Crippen LogP contribution is -2.34. The number of amides is 2. The number of para-hydroxylation sites is 2. The number of carbonyl (C=O) groups excluding carboxylic acids is 2. The second kappa shape index (κ2) is 7.89. The summed E-state index contributed by atoms with van der Waals surface area (Å²) >= 11 is 0. The summed E-state index contributed by atoms with van der Waals surface area (Å²) in [4.78, 5) is 29.0. The number of fused-ring (bicyclic) bond motifs is 1. The molecule has 0 atom stereocenters. The SMILES string of the molecule is CCOC(=O)N1C(=O)/C(=C\c2ccccc2N2CCCCC2)c2ccccc21. The normalized spacial score (nSPS) is 17.8. The fourth-order valence-electron chi connectivity index (χ4n) is 3.94. The number of benzene rings is 2. The summed E-state index contributed by atoms with van der Waals surface area (Å²) in [5.74, 6) is -0.340. The van der Waals surface area contributed by atoms with Crippen molar-refractivity contribution in [1.29, 1.82) is 0 Å². The predicted octanol–water partition coefficient (Wildman–Crippen LogP) is 4.72. The van der Waals surface area contributed by atoms with Gasteiger partial charge < -0.3 is 9.64 Å². The van der Waals surface area contributed by atoms with Crippen LogP contribution in [0.2, 0.25) is 0 Å². The van der Waals surface area contributed by atoms with Gasteiger partial charge in [0.15, 0.2) is 0 Å². The van der Waals surface area contributed by atoms with E-state index in [4.69, 9.17) is 4.74 Å². The van der Waals surface area contributed by atoms with Crippen molar-refractivity contribution in [3.8, 4) is 0 Å². The molecule has 0 unspecified atom stereocenters. The van der Waals surface area contributed by atoms with Crippen molar-refractivity contribution in [2.75, 3.05) is 29.5 Å². The molecular weight excluding hydrogens is 352 g/mol. The van der Waals surface area contributed by atoms with E-state index in [9.17, 15) is 9.59 Å². The molecule has 2 aromatic carbocycles. The topological polar surface area (TPSA) is 49.9 Å². The van der Waals surface area contributed by atoms with E-state index in [1.165, 1.54) is 19.3 Å². The van der Waals surface area contributed by atoms with Crippen LogP contribution in [0.15, 0.2) is 48.5 Å². The summed E-state index contributed by atoms with van der Waals surface area (Å²) in [5.41, 5.74) is 3.98. The number of ether oxygens (including phenoxy) is 1. The largest absolute Gasteiger partial charge is 0.449 e. The Morgan fingerprint density at radius 1 is 1.00 bits per heavy atom. The van der Waals surface area contributed by atoms with Crippen LogP contribution in [0.4, 0.5) is 16.2 Å². The molecule has 0 bridgehead atoms. The maximum Gasteiger partial charge on any atom is 0.421 e. The highest BCUT2D eigenvalue weighted by Crippen LogP contribution is 2.39. The first-order valence-electron chi connectivity index (χ1n) is 9.87. The van der Waals surface area contributed by atoms with Gasteiger partial charge in [-0.1, -0.05) is 36.4 Å². The maximum atomic E-state index is 13.1. The molecule has 0 spiro atoms. The molecule has 5 heteroatoms. The van der Waals surface area contributed by atoms with E-state index in [1.54, 1.807) is 13.0 Å². The molecule has 0 N–H and O–H groups in total. The Hall–Kier alpha value is -3.08. The Morgan fingerprint density at radius 2 is 1.68 bits per heavy atom. The predicted molar refractivity (Wildman–Crippen MR) is 111 cm³/mol. The number of hydrogen-bond acceptors (Lipinski definition) is 4. The third-order valence-electron chi connectivity index (χ3n) is 5.25. The molecule has 2 heterocycles. The number of anilines is 2. The fraction of sp³-hybridized carbons (Fsp3) is 0.304. The smallest absolute Gasteiger partial charge is 0.421 e. The molecule has 28 heavy (non-hydrogen) atoms. The van der Waals surface area contributed by atoms with Crippen molar-refractivity contribution >= 4 is 35.0 Å². The first kappa shape index (κ1) is 18.3. The molecule has 1 saturated heterocycles. The summed E-state index contributed by atoms with van der Waals surface area (Å²) in [6.07, 6.45) is 4.91. The van der Waals surface area contributed by atoms with Crippen molar-refractivity contribution in [2.45, 2.75) is 26.2 Å². The van der Waals surface area contributed by atoms with Crippen molar-refractivity contribution in [3.05, 3.63) is 59.7 Å². The number of imide groups is 1. The highest BCUT2D eigenvalue weighted by molar-refractivity contribution is 6.41. The van der Waals surface area contributed by atoms with Crippen molar-refractivity contribution in [3.63, 3.8) is 0 Å². The maximum absolute atomic E-state index is 13.1. The molecule has 2 aliphatic heterocycles. The standard InChI is InChI=1S/C23H24N2O3/c1-2-28-23(27)25-21-13-7-5-11-18(21)19(22(25)26)16-17-10-4-6-12-20(17)24-14-8-3-9-15-24/h4-7,10-13,16H,2-3,8-9,14-15H2,1H3/b19-16-. The molecule has 2 aromatic rings. The lowest BCUT2D eigenvalue weighted by atomic mass is 10.0. The quantitative estimate of drug-likeness (QED) is 0.727. The summed E-state index contributed by atoms with van der Waals surface area (Å²) in [6.45, 7) is 4.01. The van der Waals surface area contributed by atoms with E-state index in [2.05, 4.69) is 11.0 Å². The number of nitrogens with zero attached hydrogens (tertiary/aromatic N) is 2. The number of piperidine rings is 1.